The molecule has 1 aliphatic carbocycles. The van der Waals surface area contributed by atoms with Gasteiger partial charge in [0.25, 0.3) is 0 Å². The number of hydrogen-bond donors (Lipinski definition) is 3. The van der Waals surface area contributed by atoms with Gasteiger partial charge in [-0.05, 0) is 68.0 Å². The number of aliphatic hydroxyl groups excluding tert-OH is 1. The first-order valence-electron chi connectivity index (χ1n) is 16.5. The first-order valence-corrected chi connectivity index (χ1v) is 17.2. The topological polar surface area (TPSA) is 141 Å². The normalized spacial score (nSPS) is 17.6. The lowest BCUT2D eigenvalue weighted by atomic mass is 9.95. The van der Waals surface area contributed by atoms with Crippen LogP contribution in [0.4, 0.5) is 0 Å². The zero-order valence-electron chi connectivity index (χ0n) is 28.0. The molecule has 0 amide bonds. The van der Waals surface area contributed by atoms with Crippen LogP contribution in [0.2, 0.25) is 10.0 Å². The number of fused-ring (bicyclic) bond motifs is 2. The minimum atomic E-state index is -1.08. The molecular weight excluding hydrogens is 677 g/mol. The van der Waals surface area contributed by atoms with Crippen LogP contribution in [-0.2, 0) is 19.5 Å². The van der Waals surface area contributed by atoms with Crippen LogP contribution < -0.4 is 15.0 Å². The van der Waals surface area contributed by atoms with Crippen LogP contribution in [-0.4, -0.2) is 56.6 Å². The summed E-state index contributed by atoms with van der Waals surface area (Å²) in [7, 11) is 1.57. The zero-order chi connectivity index (χ0) is 35.3. The van der Waals surface area contributed by atoms with Crippen molar-refractivity contribution in [3.63, 3.8) is 0 Å². The molecule has 50 heavy (non-hydrogen) atoms. The largest absolute Gasteiger partial charge is 0.481 e. The number of likely N-dealkylation sites (tertiary alicyclic amines) is 1. The van der Waals surface area contributed by atoms with Crippen molar-refractivity contribution in [2.75, 3.05) is 20.2 Å². The number of aromatic nitrogens is 2. The second kappa shape index (κ2) is 13.4. The smallest absolute Gasteiger partial charge is 0.236 e. The van der Waals surface area contributed by atoms with E-state index in [1.165, 1.54) is 6.20 Å². The van der Waals surface area contributed by atoms with Gasteiger partial charge in [-0.3, -0.25) is 10.3 Å². The standard InChI is InChI=1S/C38H37Cl2N5O5/c1-38(2,47)20-45-18-22(16-41)34-29(35(45)42)15-32(49-34)28-9-5-8-27(33(28)40)24-6-4-7-26-25(24)10-11-31(26)50-37-30(39)14-21(36(43-37)48-3)17-44-13-12-23(46)19-44/h4-9,14-15,18,23,31,42,46-47H,10-13,17,19-20H2,1-3H3/t23-,31+/m1/s1. The summed E-state index contributed by atoms with van der Waals surface area (Å²) in [5.74, 6) is 1.18. The van der Waals surface area contributed by atoms with E-state index in [1.807, 2.05) is 42.5 Å². The molecule has 5 aromatic rings. The molecule has 1 saturated heterocycles. The Kier molecular flexibility index (Phi) is 9.14. The summed E-state index contributed by atoms with van der Waals surface area (Å²) in [6.07, 6.45) is 3.13. The van der Waals surface area contributed by atoms with E-state index in [2.05, 4.69) is 16.0 Å². The summed E-state index contributed by atoms with van der Waals surface area (Å²) >= 11 is 13.9. The van der Waals surface area contributed by atoms with Gasteiger partial charge in [0.1, 0.15) is 34.0 Å². The molecule has 0 radical (unpaired) electrons. The first kappa shape index (κ1) is 34.1. The fourth-order valence-electron chi connectivity index (χ4n) is 7.07. The number of nitriles is 1. The minimum Gasteiger partial charge on any atom is -0.481 e. The Bertz CT molecular complexity index is 2220. The van der Waals surface area contributed by atoms with Gasteiger partial charge in [0.2, 0.25) is 11.8 Å². The second-order valence-corrected chi connectivity index (χ2v) is 14.4. The van der Waals surface area contributed by atoms with Crippen LogP contribution in [0, 0.1) is 16.7 Å². The number of nitrogens with zero attached hydrogens (tertiary/aromatic N) is 4. The number of rotatable bonds is 9. The van der Waals surface area contributed by atoms with Crippen LogP contribution in [0.5, 0.6) is 11.8 Å². The maximum Gasteiger partial charge on any atom is 0.236 e. The number of benzene rings is 2. The van der Waals surface area contributed by atoms with Crippen molar-refractivity contribution in [1.29, 1.82) is 10.7 Å². The predicted molar refractivity (Wildman–Crippen MR) is 190 cm³/mol. The van der Waals surface area contributed by atoms with Crippen LogP contribution in [0.3, 0.4) is 0 Å². The molecule has 12 heteroatoms. The fourth-order valence-corrected chi connectivity index (χ4v) is 7.61. The van der Waals surface area contributed by atoms with E-state index < -0.39 is 5.60 Å². The molecule has 258 valence electrons. The van der Waals surface area contributed by atoms with Crippen molar-refractivity contribution in [1.82, 2.24) is 14.5 Å². The van der Waals surface area contributed by atoms with Crippen LogP contribution in [0.1, 0.15) is 55.0 Å². The number of β-amino-alcohol motifs (C(OH)–C–C–N with tert-alkyl or cyclic N) is 1. The summed E-state index contributed by atoms with van der Waals surface area (Å²) < 4.78 is 19.8. The van der Waals surface area contributed by atoms with E-state index in [0.29, 0.717) is 57.2 Å². The Labute approximate surface area is 299 Å². The van der Waals surface area contributed by atoms with E-state index in [-0.39, 0.29) is 29.8 Å². The molecule has 0 saturated carbocycles. The maximum absolute atomic E-state index is 10.4. The Morgan fingerprint density at radius 3 is 2.58 bits per heavy atom. The molecule has 2 aromatic carbocycles. The van der Waals surface area contributed by atoms with E-state index in [0.717, 1.165) is 53.6 Å². The molecule has 0 unspecified atom stereocenters. The average molecular weight is 715 g/mol. The molecule has 1 fully saturated rings. The second-order valence-electron chi connectivity index (χ2n) is 13.6. The number of nitrogens with one attached hydrogen (secondary N) is 1. The van der Waals surface area contributed by atoms with Gasteiger partial charge >= 0.3 is 0 Å². The van der Waals surface area contributed by atoms with Crippen molar-refractivity contribution >= 4 is 34.2 Å². The maximum atomic E-state index is 10.4. The number of pyridine rings is 2. The molecule has 1 aliphatic heterocycles. The highest BCUT2D eigenvalue weighted by Gasteiger charge is 2.30. The summed E-state index contributed by atoms with van der Waals surface area (Å²) in [4.78, 5) is 6.79. The third-order valence-corrected chi connectivity index (χ3v) is 10.0. The molecule has 10 nitrogen and oxygen atoms in total. The summed E-state index contributed by atoms with van der Waals surface area (Å²) in [6, 6.07) is 17.5. The first-order chi connectivity index (χ1) is 23.9. The fraction of sp³-hybridized carbons (Fsp3) is 0.342. The van der Waals surface area contributed by atoms with E-state index in [9.17, 15) is 15.5 Å². The van der Waals surface area contributed by atoms with Gasteiger partial charge in [-0.15, -0.1) is 0 Å². The van der Waals surface area contributed by atoms with Gasteiger partial charge < -0.3 is 28.7 Å². The van der Waals surface area contributed by atoms with Gasteiger partial charge in [0.15, 0.2) is 5.58 Å². The molecule has 4 heterocycles. The van der Waals surface area contributed by atoms with Gasteiger partial charge in [0.05, 0.1) is 35.8 Å². The number of ether oxygens (including phenoxy) is 2. The quantitative estimate of drug-likeness (QED) is 0.148. The number of aliphatic hydroxyl groups is 2. The molecule has 2 aliphatic rings. The van der Waals surface area contributed by atoms with E-state index >= 15 is 0 Å². The lowest BCUT2D eigenvalue weighted by Crippen LogP contribution is -2.32. The lowest BCUT2D eigenvalue weighted by molar-refractivity contribution is 0.0602. The Morgan fingerprint density at radius 1 is 1.10 bits per heavy atom. The third-order valence-electron chi connectivity index (χ3n) is 9.32. The third kappa shape index (κ3) is 6.48. The molecule has 0 spiro atoms. The molecule has 3 aromatic heterocycles. The number of methoxy groups -OCH3 is 1. The summed E-state index contributed by atoms with van der Waals surface area (Å²) in [6.45, 7) is 5.42. The molecular formula is C38H37Cl2N5O5. The van der Waals surface area contributed by atoms with Gasteiger partial charge in [-0.2, -0.15) is 10.2 Å². The highest BCUT2D eigenvalue weighted by Crippen LogP contribution is 2.45. The molecule has 2 atom stereocenters. The van der Waals surface area contributed by atoms with Crippen molar-refractivity contribution in [2.45, 2.75) is 64.0 Å². The summed E-state index contributed by atoms with van der Waals surface area (Å²) in [5.41, 5.74) is 5.00. The van der Waals surface area contributed by atoms with Crippen LogP contribution in [0.15, 0.2) is 59.1 Å². The van der Waals surface area contributed by atoms with E-state index in [1.54, 1.807) is 31.6 Å². The molecule has 3 N–H and O–H groups in total. The average Bonchev–Trinajstić information content (AvgIpc) is 3.82. The minimum absolute atomic E-state index is 0.128. The highest BCUT2D eigenvalue weighted by molar-refractivity contribution is 6.36. The molecule has 0 bridgehead atoms. The van der Waals surface area contributed by atoms with Crippen LogP contribution >= 0.6 is 23.2 Å². The monoisotopic (exact) mass is 713 g/mol. The lowest BCUT2D eigenvalue weighted by Gasteiger charge is -2.20. The van der Waals surface area contributed by atoms with Crippen molar-refractivity contribution < 1.29 is 24.1 Å². The van der Waals surface area contributed by atoms with Crippen molar-refractivity contribution in [3.05, 3.63) is 92.5 Å². The predicted octanol–water partition coefficient (Wildman–Crippen LogP) is 7.03. The number of furan rings is 1. The summed E-state index contributed by atoms with van der Waals surface area (Å²) in [5, 5.41) is 40.3. The Morgan fingerprint density at radius 2 is 1.86 bits per heavy atom. The van der Waals surface area contributed by atoms with Crippen molar-refractivity contribution in [2.24, 2.45) is 0 Å². The van der Waals surface area contributed by atoms with E-state index in [4.69, 9.17) is 42.5 Å². The number of halogens is 2. The van der Waals surface area contributed by atoms with Gasteiger partial charge in [0, 0.05) is 42.5 Å². The van der Waals surface area contributed by atoms with Crippen molar-refractivity contribution in [3.8, 4) is 40.3 Å². The number of hydrogen-bond acceptors (Lipinski definition) is 9. The molecule has 7 rings (SSSR count). The van der Waals surface area contributed by atoms with Gasteiger partial charge in [-0.25, -0.2) is 0 Å². The van der Waals surface area contributed by atoms with Gasteiger partial charge in [-0.1, -0.05) is 53.5 Å². The highest BCUT2D eigenvalue weighted by atomic mass is 35.5. The Balaban J connectivity index is 1.19. The zero-order valence-corrected chi connectivity index (χ0v) is 29.5. The SMILES string of the molecule is COc1nc(O[C@H]2CCc3c(-c4cccc(-c5cc6c(=N)n(CC(C)(C)O)cc(C#N)c6o5)c4Cl)cccc32)c(Cl)cc1CN1CC[C@@H](O)C1. The Hall–Kier alpha value is -4.37. The van der Waals surface area contributed by atoms with Crippen LogP contribution in [0.25, 0.3) is 33.4 Å².